The first-order chi connectivity index (χ1) is 13.9. The topological polar surface area (TPSA) is 83.8 Å². The molecule has 0 unspecified atom stereocenters. The molecule has 0 fully saturated rings. The standard InChI is InChI=1S/C25H30O5/c1-24(2,3)19-14-16(11-12-21(27)18-9-7-8-10-20(18)26)13-17(22(19)28)15-25(4,5)23(29)30-6/h7-14,26,28H,15H2,1-6H3/b12-11+. The van der Waals surface area contributed by atoms with Crippen molar-refractivity contribution in [3.63, 3.8) is 0 Å². The molecule has 2 aromatic carbocycles. The van der Waals surface area contributed by atoms with Crippen LogP contribution in [0, 0.1) is 5.41 Å². The third-order valence-corrected chi connectivity index (χ3v) is 4.99. The fourth-order valence-electron chi connectivity index (χ4n) is 3.29. The third kappa shape index (κ3) is 5.29. The Hall–Kier alpha value is -3.08. The smallest absolute Gasteiger partial charge is 0.311 e. The zero-order valence-corrected chi connectivity index (χ0v) is 18.4. The van der Waals surface area contributed by atoms with Crippen molar-refractivity contribution in [3.05, 3.63) is 64.7 Å². The number of benzene rings is 2. The molecule has 2 aromatic rings. The van der Waals surface area contributed by atoms with Gasteiger partial charge in [0, 0.05) is 5.56 Å². The minimum atomic E-state index is -0.824. The number of phenols is 2. The lowest BCUT2D eigenvalue weighted by Gasteiger charge is -2.26. The van der Waals surface area contributed by atoms with Crippen molar-refractivity contribution in [2.24, 2.45) is 5.41 Å². The van der Waals surface area contributed by atoms with E-state index in [1.54, 1.807) is 44.2 Å². The highest BCUT2D eigenvalue weighted by Crippen LogP contribution is 2.38. The van der Waals surface area contributed by atoms with E-state index in [4.69, 9.17) is 4.74 Å². The number of hydrogen-bond acceptors (Lipinski definition) is 5. The van der Waals surface area contributed by atoms with Gasteiger partial charge in [0.25, 0.3) is 0 Å². The Bertz CT molecular complexity index is 978. The Morgan fingerprint density at radius 3 is 2.23 bits per heavy atom. The molecule has 0 aromatic heterocycles. The summed E-state index contributed by atoms with van der Waals surface area (Å²) >= 11 is 0. The molecular weight excluding hydrogens is 380 g/mol. The summed E-state index contributed by atoms with van der Waals surface area (Å²) in [6.45, 7) is 9.48. The van der Waals surface area contributed by atoms with Crippen molar-refractivity contribution in [2.45, 2.75) is 46.5 Å². The zero-order chi connectivity index (χ0) is 22.7. The summed E-state index contributed by atoms with van der Waals surface area (Å²) in [5.41, 5.74) is 1.09. The van der Waals surface area contributed by atoms with E-state index >= 15 is 0 Å². The summed E-state index contributed by atoms with van der Waals surface area (Å²) in [6.07, 6.45) is 3.32. The fourth-order valence-corrected chi connectivity index (χ4v) is 3.29. The van der Waals surface area contributed by atoms with Gasteiger partial charge in [-0.3, -0.25) is 9.59 Å². The number of aromatic hydroxyl groups is 2. The highest BCUT2D eigenvalue weighted by molar-refractivity contribution is 6.08. The van der Waals surface area contributed by atoms with Gasteiger partial charge < -0.3 is 14.9 Å². The van der Waals surface area contributed by atoms with Crippen molar-refractivity contribution < 1.29 is 24.5 Å². The first kappa shape index (κ1) is 23.2. The molecule has 0 aliphatic carbocycles. The Labute approximate surface area is 178 Å². The fraction of sp³-hybridized carbons (Fsp3) is 0.360. The Morgan fingerprint density at radius 1 is 1.03 bits per heavy atom. The van der Waals surface area contributed by atoms with E-state index in [0.717, 1.165) is 11.1 Å². The maximum absolute atomic E-state index is 12.5. The molecule has 0 heterocycles. The number of rotatable bonds is 6. The minimum Gasteiger partial charge on any atom is -0.507 e. The van der Waals surface area contributed by atoms with Crippen LogP contribution in [0.1, 0.15) is 61.7 Å². The number of hydrogen-bond donors (Lipinski definition) is 2. The van der Waals surface area contributed by atoms with Gasteiger partial charge in [0.2, 0.25) is 0 Å². The van der Waals surface area contributed by atoms with Gasteiger partial charge in [-0.2, -0.15) is 0 Å². The maximum Gasteiger partial charge on any atom is 0.311 e. The van der Waals surface area contributed by atoms with Gasteiger partial charge in [-0.15, -0.1) is 0 Å². The van der Waals surface area contributed by atoms with Crippen molar-refractivity contribution in [1.29, 1.82) is 0 Å². The Kier molecular flexibility index (Phi) is 6.76. The predicted molar refractivity (Wildman–Crippen MR) is 118 cm³/mol. The number of ketones is 1. The van der Waals surface area contributed by atoms with E-state index in [-0.39, 0.29) is 40.7 Å². The quantitative estimate of drug-likeness (QED) is 0.396. The number of carbonyl (C=O) groups excluding carboxylic acids is 2. The van der Waals surface area contributed by atoms with Gasteiger partial charge in [0.05, 0.1) is 18.1 Å². The predicted octanol–water partition coefficient (Wildman–Crippen LogP) is 5.03. The monoisotopic (exact) mass is 410 g/mol. The molecule has 0 aliphatic heterocycles. The zero-order valence-electron chi connectivity index (χ0n) is 18.4. The minimum absolute atomic E-state index is 0.0752. The average Bonchev–Trinajstić information content (AvgIpc) is 2.66. The van der Waals surface area contributed by atoms with Gasteiger partial charge in [0.15, 0.2) is 5.78 Å². The van der Waals surface area contributed by atoms with E-state index in [0.29, 0.717) is 5.56 Å². The number of para-hydroxylation sites is 1. The molecule has 0 spiro atoms. The molecule has 0 radical (unpaired) electrons. The van der Waals surface area contributed by atoms with Crippen molar-refractivity contribution in [2.75, 3.05) is 7.11 Å². The van der Waals surface area contributed by atoms with Crippen LogP contribution >= 0.6 is 0 Å². The van der Waals surface area contributed by atoms with Crippen LogP contribution in [0.4, 0.5) is 0 Å². The first-order valence-corrected chi connectivity index (χ1v) is 9.82. The van der Waals surface area contributed by atoms with Crippen LogP contribution in [0.3, 0.4) is 0 Å². The summed E-state index contributed by atoms with van der Waals surface area (Å²) in [5.74, 6) is -0.623. The molecule has 0 saturated carbocycles. The van der Waals surface area contributed by atoms with E-state index in [2.05, 4.69) is 0 Å². The molecule has 0 aliphatic rings. The molecule has 0 atom stereocenters. The molecule has 5 nitrogen and oxygen atoms in total. The van der Waals surface area contributed by atoms with E-state index in [9.17, 15) is 19.8 Å². The van der Waals surface area contributed by atoms with Crippen molar-refractivity contribution in [3.8, 4) is 11.5 Å². The van der Waals surface area contributed by atoms with Gasteiger partial charge in [-0.1, -0.05) is 39.0 Å². The number of phenolic OH excluding ortho intramolecular Hbond substituents is 2. The SMILES string of the molecule is COC(=O)C(C)(C)Cc1cc(/C=C/C(=O)c2ccccc2O)cc(C(C)(C)C)c1O. The summed E-state index contributed by atoms with van der Waals surface area (Å²) in [6, 6.07) is 9.96. The lowest BCUT2D eigenvalue weighted by Crippen LogP contribution is -2.28. The lowest BCUT2D eigenvalue weighted by molar-refractivity contribution is -0.150. The van der Waals surface area contributed by atoms with Gasteiger partial charge in [0.1, 0.15) is 11.5 Å². The van der Waals surface area contributed by atoms with Crippen LogP contribution in [0.15, 0.2) is 42.5 Å². The lowest BCUT2D eigenvalue weighted by atomic mass is 9.80. The van der Waals surface area contributed by atoms with Crippen LogP contribution in [0.5, 0.6) is 11.5 Å². The molecule has 160 valence electrons. The average molecular weight is 411 g/mol. The highest BCUT2D eigenvalue weighted by Gasteiger charge is 2.31. The van der Waals surface area contributed by atoms with E-state index < -0.39 is 5.41 Å². The molecule has 2 rings (SSSR count). The summed E-state index contributed by atoms with van der Waals surface area (Å²) in [7, 11) is 1.34. The van der Waals surface area contributed by atoms with Gasteiger partial charge >= 0.3 is 5.97 Å². The maximum atomic E-state index is 12.5. The second kappa shape index (κ2) is 8.74. The van der Waals surface area contributed by atoms with Crippen LogP contribution in [0.2, 0.25) is 0 Å². The van der Waals surface area contributed by atoms with E-state index in [1.807, 2.05) is 26.8 Å². The number of ether oxygens (including phenoxy) is 1. The number of carbonyl (C=O) groups is 2. The summed E-state index contributed by atoms with van der Waals surface area (Å²) < 4.78 is 4.89. The number of allylic oxidation sites excluding steroid dienone is 1. The second-order valence-electron chi connectivity index (χ2n) is 9.09. The molecule has 0 amide bonds. The number of esters is 1. The molecule has 0 bridgehead atoms. The van der Waals surface area contributed by atoms with Crippen LogP contribution in [-0.2, 0) is 21.4 Å². The third-order valence-electron chi connectivity index (χ3n) is 4.99. The van der Waals surface area contributed by atoms with Crippen LogP contribution in [0.25, 0.3) is 6.08 Å². The molecule has 5 heteroatoms. The van der Waals surface area contributed by atoms with E-state index in [1.165, 1.54) is 19.3 Å². The Morgan fingerprint density at radius 2 is 1.67 bits per heavy atom. The molecular formula is C25H30O5. The van der Waals surface area contributed by atoms with Crippen LogP contribution < -0.4 is 0 Å². The van der Waals surface area contributed by atoms with Crippen molar-refractivity contribution >= 4 is 17.8 Å². The molecule has 30 heavy (non-hydrogen) atoms. The second-order valence-corrected chi connectivity index (χ2v) is 9.09. The molecule has 2 N–H and O–H groups in total. The summed E-state index contributed by atoms with van der Waals surface area (Å²) in [5, 5.41) is 20.8. The van der Waals surface area contributed by atoms with Crippen LogP contribution in [-0.4, -0.2) is 29.1 Å². The van der Waals surface area contributed by atoms with Gasteiger partial charge in [-0.25, -0.2) is 0 Å². The van der Waals surface area contributed by atoms with Gasteiger partial charge in [-0.05, 0) is 67.2 Å². The Balaban J connectivity index is 2.48. The van der Waals surface area contributed by atoms with Crippen molar-refractivity contribution in [1.82, 2.24) is 0 Å². The highest BCUT2D eigenvalue weighted by atomic mass is 16.5. The normalized spacial score (nSPS) is 12.2. The summed E-state index contributed by atoms with van der Waals surface area (Å²) in [4.78, 5) is 24.6. The molecule has 0 saturated heterocycles. The number of methoxy groups -OCH3 is 1. The first-order valence-electron chi connectivity index (χ1n) is 9.82. The largest absolute Gasteiger partial charge is 0.507 e.